The van der Waals surface area contributed by atoms with Crippen LogP contribution in [0.3, 0.4) is 0 Å². The zero-order chi connectivity index (χ0) is 18.2. The molecule has 0 saturated heterocycles. The summed E-state index contributed by atoms with van der Waals surface area (Å²) in [6.45, 7) is 2.02. The van der Waals surface area contributed by atoms with Crippen LogP contribution in [-0.4, -0.2) is 9.97 Å². The second-order valence-corrected chi connectivity index (χ2v) is 6.80. The van der Waals surface area contributed by atoms with Crippen LogP contribution in [0.15, 0.2) is 91.0 Å². The van der Waals surface area contributed by atoms with E-state index in [0.29, 0.717) is 0 Å². The number of benzene rings is 3. The first-order valence-corrected chi connectivity index (χ1v) is 9.11. The van der Waals surface area contributed by atoms with Crippen molar-refractivity contribution < 1.29 is 0 Å². The molecule has 2 aromatic heterocycles. The molecular weight excluding hydrogens is 328 g/mol. The zero-order valence-electron chi connectivity index (χ0n) is 15.1. The predicted molar refractivity (Wildman–Crippen MR) is 113 cm³/mol. The van der Waals surface area contributed by atoms with Crippen LogP contribution in [0.5, 0.6) is 0 Å². The molecule has 2 nitrogen and oxygen atoms in total. The number of fused-ring (bicyclic) bond motifs is 3. The Hall–Kier alpha value is -3.52. The Bertz CT molecular complexity index is 1270. The molecule has 0 spiro atoms. The first-order valence-electron chi connectivity index (χ1n) is 9.11. The minimum Gasteiger partial charge on any atom is -0.251 e. The Labute approximate surface area is 158 Å². The van der Waals surface area contributed by atoms with Crippen molar-refractivity contribution in [2.24, 2.45) is 0 Å². The van der Waals surface area contributed by atoms with Gasteiger partial charge in [0.05, 0.1) is 16.7 Å². The second-order valence-electron chi connectivity index (χ2n) is 6.80. The number of pyridine rings is 2. The Morgan fingerprint density at radius 2 is 1.15 bits per heavy atom. The number of aromatic nitrogens is 2. The Kier molecular flexibility index (Phi) is 3.68. The standard InChI is InChI=1S/C25H18N2/c1-17-10-11-19-12-13-20-14-15-23(27-25(20)24(19)26-17)22-9-5-8-21(16-22)18-6-3-2-4-7-18/h2-16H,1H3. The Morgan fingerprint density at radius 3 is 1.96 bits per heavy atom. The minimum atomic E-state index is 0.957. The third-order valence-electron chi connectivity index (χ3n) is 4.92. The maximum absolute atomic E-state index is 4.99. The number of nitrogens with zero attached hydrogens (tertiary/aromatic N) is 2. The summed E-state index contributed by atoms with van der Waals surface area (Å²) in [5.74, 6) is 0. The highest BCUT2D eigenvalue weighted by Gasteiger charge is 2.08. The van der Waals surface area contributed by atoms with Crippen LogP contribution in [0.1, 0.15) is 5.69 Å². The fraction of sp³-hybridized carbons (Fsp3) is 0.0400. The first kappa shape index (κ1) is 15.7. The summed E-state index contributed by atoms with van der Waals surface area (Å²) in [4.78, 5) is 9.73. The number of rotatable bonds is 2. The average molecular weight is 346 g/mol. The quantitative estimate of drug-likeness (QED) is 0.344. The molecule has 0 unspecified atom stereocenters. The van der Waals surface area contributed by atoms with Crippen LogP contribution in [0, 0.1) is 6.92 Å². The Morgan fingerprint density at radius 1 is 0.519 bits per heavy atom. The van der Waals surface area contributed by atoms with E-state index in [1.807, 2.05) is 19.1 Å². The summed E-state index contributed by atoms with van der Waals surface area (Å²) >= 11 is 0. The molecule has 0 aliphatic rings. The fourth-order valence-corrected chi connectivity index (χ4v) is 3.51. The van der Waals surface area contributed by atoms with Crippen molar-refractivity contribution in [2.45, 2.75) is 6.92 Å². The lowest BCUT2D eigenvalue weighted by Gasteiger charge is -2.08. The van der Waals surface area contributed by atoms with Crippen LogP contribution < -0.4 is 0 Å². The summed E-state index contributed by atoms with van der Waals surface area (Å²) in [5.41, 5.74) is 7.42. The lowest BCUT2D eigenvalue weighted by atomic mass is 10.0. The number of hydrogen-bond donors (Lipinski definition) is 0. The molecule has 0 atom stereocenters. The summed E-state index contributed by atoms with van der Waals surface area (Å²) in [6.07, 6.45) is 0. The van der Waals surface area contributed by atoms with Crippen LogP contribution in [0.2, 0.25) is 0 Å². The highest BCUT2D eigenvalue weighted by Crippen LogP contribution is 2.29. The molecule has 2 heteroatoms. The largest absolute Gasteiger partial charge is 0.251 e. The van der Waals surface area contributed by atoms with E-state index in [2.05, 4.69) is 78.9 Å². The zero-order valence-corrected chi connectivity index (χ0v) is 15.1. The van der Waals surface area contributed by atoms with Crippen molar-refractivity contribution in [1.29, 1.82) is 0 Å². The van der Waals surface area contributed by atoms with Gasteiger partial charge in [-0.3, -0.25) is 4.98 Å². The maximum atomic E-state index is 4.99. The molecule has 3 aromatic carbocycles. The molecule has 0 aliphatic heterocycles. The lowest BCUT2D eigenvalue weighted by Crippen LogP contribution is -1.90. The molecule has 5 aromatic rings. The molecule has 0 saturated carbocycles. The molecule has 2 heterocycles. The van der Waals surface area contributed by atoms with Crippen molar-refractivity contribution in [2.75, 3.05) is 0 Å². The molecule has 0 aliphatic carbocycles. The highest BCUT2D eigenvalue weighted by molar-refractivity contribution is 6.03. The molecule has 0 radical (unpaired) electrons. The van der Waals surface area contributed by atoms with Crippen molar-refractivity contribution in [3.05, 3.63) is 96.7 Å². The topological polar surface area (TPSA) is 25.8 Å². The maximum Gasteiger partial charge on any atom is 0.0972 e. The van der Waals surface area contributed by atoms with Crippen LogP contribution >= 0.6 is 0 Å². The van der Waals surface area contributed by atoms with Crippen LogP contribution in [0.4, 0.5) is 0 Å². The monoisotopic (exact) mass is 346 g/mol. The van der Waals surface area contributed by atoms with Gasteiger partial charge in [-0.1, -0.05) is 72.8 Å². The van der Waals surface area contributed by atoms with E-state index in [9.17, 15) is 0 Å². The van der Waals surface area contributed by atoms with Crippen LogP contribution in [-0.2, 0) is 0 Å². The van der Waals surface area contributed by atoms with Gasteiger partial charge in [-0.05, 0) is 36.2 Å². The van der Waals surface area contributed by atoms with E-state index < -0.39 is 0 Å². The normalized spacial score (nSPS) is 11.1. The molecule has 0 bridgehead atoms. The van der Waals surface area contributed by atoms with Gasteiger partial charge in [0.25, 0.3) is 0 Å². The van der Waals surface area contributed by atoms with E-state index >= 15 is 0 Å². The molecule has 5 rings (SSSR count). The van der Waals surface area contributed by atoms with Crippen molar-refractivity contribution in [1.82, 2.24) is 9.97 Å². The third kappa shape index (κ3) is 2.85. The van der Waals surface area contributed by atoms with E-state index in [1.54, 1.807) is 0 Å². The van der Waals surface area contributed by atoms with Gasteiger partial charge in [0.15, 0.2) is 0 Å². The van der Waals surface area contributed by atoms with Gasteiger partial charge < -0.3 is 0 Å². The predicted octanol–water partition coefficient (Wildman–Crippen LogP) is 6.43. The van der Waals surface area contributed by atoms with Gasteiger partial charge in [0, 0.05) is 22.0 Å². The second kappa shape index (κ2) is 6.33. The Balaban J connectivity index is 1.69. The summed E-state index contributed by atoms with van der Waals surface area (Å²) in [5, 5.41) is 2.24. The summed E-state index contributed by atoms with van der Waals surface area (Å²) in [6, 6.07) is 31.6. The molecular formula is C25H18N2. The smallest absolute Gasteiger partial charge is 0.0972 e. The molecule has 0 N–H and O–H groups in total. The fourth-order valence-electron chi connectivity index (χ4n) is 3.51. The SMILES string of the molecule is Cc1ccc2ccc3ccc(-c4cccc(-c5ccccc5)c4)nc3c2n1. The van der Waals surface area contributed by atoms with E-state index in [1.165, 1.54) is 11.1 Å². The molecule has 27 heavy (non-hydrogen) atoms. The number of hydrogen-bond acceptors (Lipinski definition) is 2. The van der Waals surface area contributed by atoms with Crippen molar-refractivity contribution >= 4 is 21.8 Å². The highest BCUT2D eigenvalue weighted by atomic mass is 14.8. The molecule has 128 valence electrons. The number of aryl methyl sites for hydroxylation is 1. The van der Waals surface area contributed by atoms with Crippen molar-refractivity contribution in [3.63, 3.8) is 0 Å². The minimum absolute atomic E-state index is 0.957. The molecule has 0 amide bonds. The van der Waals surface area contributed by atoms with Gasteiger partial charge >= 0.3 is 0 Å². The lowest BCUT2D eigenvalue weighted by molar-refractivity contribution is 1.25. The van der Waals surface area contributed by atoms with Crippen molar-refractivity contribution in [3.8, 4) is 22.4 Å². The molecule has 0 fully saturated rings. The van der Waals surface area contributed by atoms with Crippen LogP contribution in [0.25, 0.3) is 44.2 Å². The van der Waals surface area contributed by atoms with Gasteiger partial charge in [0.1, 0.15) is 0 Å². The van der Waals surface area contributed by atoms with E-state index in [0.717, 1.165) is 38.8 Å². The third-order valence-corrected chi connectivity index (χ3v) is 4.92. The average Bonchev–Trinajstić information content (AvgIpc) is 2.74. The summed E-state index contributed by atoms with van der Waals surface area (Å²) in [7, 11) is 0. The van der Waals surface area contributed by atoms with E-state index in [4.69, 9.17) is 9.97 Å². The van der Waals surface area contributed by atoms with Gasteiger partial charge in [-0.15, -0.1) is 0 Å². The van der Waals surface area contributed by atoms with Gasteiger partial charge in [-0.2, -0.15) is 0 Å². The van der Waals surface area contributed by atoms with Gasteiger partial charge in [-0.25, -0.2) is 4.98 Å². The van der Waals surface area contributed by atoms with E-state index in [-0.39, 0.29) is 0 Å². The summed E-state index contributed by atoms with van der Waals surface area (Å²) < 4.78 is 0. The van der Waals surface area contributed by atoms with Gasteiger partial charge in [0.2, 0.25) is 0 Å². The first-order chi connectivity index (χ1) is 13.3.